The first-order valence-corrected chi connectivity index (χ1v) is 9.33. The average molecular weight is 388 g/mol. The number of nitrogens with zero attached hydrogens (tertiary/aromatic N) is 2. The van der Waals surface area contributed by atoms with Crippen molar-refractivity contribution in [3.63, 3.8) is 0 Å². The molecule has 8 nitrogen and oxygen atoms in total. The lowest BCUT2D eigenvalue weighted by Gasteiger charge is -2.16. The van der Waals surface area contributed by atoms with Crippen molar-refractivity contribution in [1.29, 1.82) is 0 Å². The molecule has 0 aliphatic rings. The fourth-order valence-corrected chi connectivity index (χ4v) is 2.85. The molecule has 8 heteroatoms. The Bertz CT molecular complexity index is 811. The maximum absolute atomic E-state index is 10.7. The lowest BCUT2D eigenvalue weighted by atomic mass is 10.0. The lowest BCUT2D eigenvalue weighted by molar-refractivity contribution is -0.139. The highest BCUT2D eigenvalue weighted by atomic mass is 16.5. The minimum Gasteiger partial charge on any atom is -0.496 e. The number of carboxylic acid groups (broad SMARTS) is 1. The number of rotatable bonds is 11. The van der Waals surface area contributed by atoms with Gasteiger partial charge in [0.15, 0.2) is 6.61 Å². The number of nitrogen functional groups attached to an aromatic ring is 1. The molecule has 0 atom stereocenters. The Morgan fingerprint density at radius 2 is 2.07 bits per heavy atom. The van der Waals surface area contributed by atoms with Gasteiger partial charge in [-0.3, -0.25) is 0 Å². The molecule has 0 spiro atoms. The standard InChI is InChI=1S/C20H28N4O4/c1-4-5-6-9-22-19-16(13(2)23-20(21)24-19)10-14-7-8-15(11-17(14)27-3)28-12-18(25)26/h7-8,11H,4-6,9-10,12H2,1-3H3,(H,25,26)(H3,21,22,23,24). The predicted molar refractivity (Wildman–Crippen MR) is 108 cm³/mol. The van der Waals surface area contributed by atoms with E-state index in [2.05, 4.69) is 22.2 Å². The summed E-state index contributed by atoms with van der Waals surface area (Å²) in [6.07, 6.45) is 3.89. The first kappa shape index (κ1) is 21.3. The zero-order valence-corrected chi connectivity index (χ0v) is 16.6. The number of benzene rings is 1. The number of carboxylic acids is 1. The number of nitrogens with one attached hydrogen (secondary N) is 1. The van der Waals surface area contributed by atoms with Crippen molar-refractivity contribution in [3.8, 4) is 11.5 Å². The molecule has 1 aromatic carbocycles. The molecule has 152 valence electrons. The first-order chi connectivity index (χ1) is 13.4. The Morgan fingerprint density at radius 3 is 2.75 bits per heavy atom. The Morgan fingerprint density at radius 1 is 1.29 bits per heavy atom. The molecule has 1 aromatic heterocycles. The molecule has 0 aliphatic carbocycles. The van der Waals surface area contributed by atoms with E-state index in [1.807, 2.05) is 13.0 Å². The SMILES string of the molecule is CCCCCNc1nc(N)nc(C)c1Cc1ccc(OCC(=O)O)cc1OC. The molecule has 0 saturated carbocycles. The van der Waals surface area contributed by atoms with Crippen LogP contribution >= 0.6 is 0 Å². The van der Waals surface area contributed by atoms with Crippen molar-refractivity contribution in [2.75, 3.05) is 31.3 Å². The zero-order valence-electron chi connectivity index (χ0n) is 16.6. The van der Waals surface area contributed by atoms with E-state index in [-0.39, 0.29) is 5.95 Å². The van der Waals surface area contributed by atoms with Crippen LogP contribution in [0, 0.1) is 6.92 Å². The molecule has 1 heterocycles. The fraction of sp³-hybridized carbons (Fsp3) is 0.450. The van der Waals surface area contributed by atoms with Crippen LogP contribution in [0.25, 0.3) is 0 Å². The van der Waals surface area contributed by atoms with E-state index in [1.54, 1.807) is 19.2 Å². The average Bonchev–Trinajstić information content (AvgIpc) is 2.66. The quantitative estimate of drug-likeness (QED) is 0.503. The molecular formula is C20H28N4O4. The normalized spacial score (nSPS) is 10.5. The molecule has 4 N–H and O–H groups in total. The van der Waals surface area contributed by atoms with Gasteiger partial charge in [0.1, 0.15) is 17.3 Å². The summed E-state index contributed by atoms with van der Waals surface area (Å²) in [6, 6.07) is 5.26. The molecule has 0 amide bonds. The summed E-state index contributed by atoms with van der Waals surface area (Å²) in [4.78, 5) is 19.3. The van der Waals surface area contributed by atoms with Gasteiger partial charge in [-0.25, -0.2) is 9.78 Å². The summed E-state index contributed by atoms with van der Waals surface area (Å²) in [6.45, 7) is 4.48. The molecule has 0 aliphatic heterocycles. The Balaban J connectivity index is 2.24. The van der Waals surface area contributed by atoms with Crippen LogP contribution in [0.3, 0.4) is 0 Å². The monoisotopic (exact) mass is 388 g/mol. The van der Waals surface area contributed by atoms with Gasteiger partial charge in [0.2, 0.25) is 5.95 Å². The van der Waals surface area contributed by atoms with Gasteiger partial charge < -0.3 is 25.6 Å². The van der Waals surface area contributed by atoms with Gasteiger partial charge >= 0.3 is 5.97 Å². The lowest BCUT2D eigenvalue weighted by Crippen LogP contribution is -2.12. The molecular weight excluding hydrogens is 360 g/mol. The number of unbranched alkanes of at least 4 members (excludes halogenated alkanes) is 2. The Kier molecular flexibility index (Phi) is 7.86. The third kappa shape index (κ3) is 6.00. The first-order valence-electron chi connectivity index (χ1n) is 9.33. The second-order valence-electron chi connectivity index (χ2n) is 6.46. The highest BCUT2D eigenvalue weighted by molar-refractivity contribution is 5.68. The topological polar surface area (TPSA) is 120 Å². The number of aliphatic carboxylic acids is 1. The van der Waals surface area contributed by atoms with Crippen LogP contribution in [-0.4, -0.2) is 41.3 Å². The molecule has 0 saturated heterocycles. The third-order valence-corrected chi connectivity index (χ3v) is 4.29. The van der Waals surface area contributed by atoms with Crippen LogP contribution in [0.4, 0.5) is 11.8 Å². The van der Waals surface area contributed by atoms with Gasteiger partial charge in [0.25, 0.3) is 0 Å². The number of anilines is 2. The molecule has 0 unspecified atom stereocenters. The smallest absolute Gasteiger partial charge is 0.341 e. The molecule has 28 heavy (non-hydrogen) atoms. The summed E-state index contributed by atoms with van der Waals surface area (Å²) >= 11 is 0. The number of methoxy groups -OCH3 is 1. The van der Waals surface area contributed by atoms with Crippen LogP contribution < -0.4 is 20.5 Å². The summed E-state index contributed by atoms with van der Waals surface area (Å²) < 4.78 is 10.7. The van der Waals surface area contributed by atoms with E-state index in [1.165, 1.54) is 0 Å². The maximum atomic E-state index is 10.7. The van der Waals surface area contributed by atoms with Crippen LogP contribution in [0.1, 0.15) is 43.0 Å². The van der Waals surface area contributed by atoms with Gasteiger partial charge in [-0.05, 0) is 25.0 Å². The Labute approximate surface area is 165 Å². The van der Waals surface area contributed by atoms with Gasteiger partial charge in [0.05, 0.1) is 7.11 Å². The summed E-state index contributed by atoms with van der Waals surface area (Å²) in [5, 5.41) is 12.1. The molecule has 0 radical (unpaired) electrons. The predicted octanol–water partition coefficient (Wildman–Crippen LogP) is 3.03. The van der Waals surface area contributed by atoms with Crippen molar-refractivity contribution in [3.05, 3.63) is 35.0 Å². The van der Waals surface area contributed by atoms with Crippen LogP contribution in [-0.2, 0) is 11.2 Å². The largest absolute Gasteiger partial charge is 0.496 e. The summed E-state index contributed by atoms with van der Waals surface area (Å²) in [7, 11) is 1.57. The van der Waals surface area contributed by atoms with Crippen molar-refractivity contribution in [1.82, 2.24) is 9.97 Å². The van der Waals surface area contributed by atoms with Crippen molar-refractivity contribution in [2.24, 2.45) is 0 Å². The third-order valence-electron chi connectivity index (χ3n) is 4.29. The van der Waals surface area contributed by atoms with Gasteiger partial charge in [-0.1, -0.05) is 25.8 Å². The number of hydrogen-bond donors (Lipinski definition) is 3. The van der Waals surface area contributed by atoms with E-state index in [0.717, 1.165) is 48.4 Å². The fourth-order valence-electron chi connectivity index (χ4n) is 2.85. The molecule has 0 fully saturated rings. The highest BCUT2D eigenvalue weighted by Gasteiger charge is 2.15. The van der Waals surface area contributed by atoms with Crippen molar-refractivity contribution < 1.29 is 19.4 Å². The number of ether oxygens (including phenoxy) is 2. The zero-order chi connectivity index (χ0) is 20.5. The maximum Gasteiger partial charge on any atom is 0.341 e. The van der Waals surface area contributed by atoms with E-state index >= 15 is 0 Å². The van der Waals surface area contributed by atoms with E-state index in [0.29, 0.717) is 17.9 Å². The Hall–Kier alpha value is -3.03. The molecule has 0 bridgehead atoms. The number of aryl methyl sites for hydroxylation is 1. The molecule has 2 aromatic rings. The highest BCUT2D eigenvalue weighted by Crippen LogP contribution is 2.29. The number of aromatic nitrogens is 2. The summed E-state index contributed by atoms with van der Waals surface area (Å²) in [5.41, 5.74) is 8.50. The van der Waals surface area contributed by atoms with Gasteiger partial charge in [-0.2, -0.15) is 4.98 Å². The second-order valence-corrected chi connectivity index (χ2v) is 6.46. The van der Waals surface area contributed by atoms with E-state index in [9.17, 15) is 4.79 Å². The van der Waals surface area contributed by atoms with Crippen LogP contribution in [0.2, 0.25) is 0 Å². The van der Waals surface area contributed by atoms with E-state index in [4.69, 9.17) is 20.3 Å². The van der Waals surface area contributed by atoms with Crippen LogP contribution in [0.15, 0.2) is 18.2 Å². The number of carbonyl (C=O) groups is 1. The number of nitrogens with two attached hydrogens (primary N) is 1. The minimum atomic E-state index is -1.03. The number of hydrogen-bond acceptors (Lipinski definition) is 7. The minimum absolute atomic E-state index is 0.239. The molecule has 2 rings (SSSR count). The van der Waals surface area contributed by atoms with Crippen molar-refractivity contribution in [2.45, 2.75) is 39.5 Å². The second kappa shape index (κ2) is 10.3. The van der Waals surface area contributed by atoms with Gasteiger partial charge in [-0.15, -0.1) is 0 Å². The van der Waals surface area contributed by atoms with E-state index < -0.39 is 12.6 Å². The van der Waals surface area contributed by atoms with Crippen LogP contribution in [0.5, 0.6) is 11.5 Å². The van der Waals surface area contributed by atoms with Crippen molar-refractivity contribution >= 4 is 17.7 Å². The van der Waals surface area contributed by atoms with Gasteiger partial charge in [0, 0.05) is 30.3 Å². The summed E-state index contributed by atoms with van der Waals surface area (Å²) in [5.74, 6) is 0.983.